The van der Waals surface area contributed by atoms with Crippen molar-refractivity contribution in [2.24, 2.45) is 5.41 Å². The quantitative estimate of drug-likeness (QED) is 0.783. The van der Waals surface area contributed by atoms with Crippen molar-refractivity contribution in [1.29, 1.82) is 5.26 Å². The van der Waals surface area contributed by atoms with E-state index in [0.29, 0.717) is 5.39 Å². The van der Waals surface area contributed by atoms with E-state index >= 15 is 0 Å². The van der Waals surface area contributed by atoms with Crippen molar-refractivity contribution in [1.82, 2.24) is 9.78 Å². The Hall–Kier alpha value is -2.15. The van der Waals surface area contributed by atoms with Gasteiger partial charge in [-0.15, -0.1) is 0 Å². The van der Waals surface area contributed by atoms with E-state index in [1.54, 1.807) is 0 Å². The zero-order valence-electron chi connectivity index (χ0n) is 12.0. The van der Waals surface area contributed by atoms with Crippen molar-refractivity contribution in [3.8, 4) is 6.07 Å². The Morgan fingerprint density at radius 2 is 2.05 bits per heavy atom. The lowest BCUT2D eigenvalue weighted by atomic mass is 9.89. The molecule has 1 aromatic carbocycles. The van der Waals surface area contributed by atoms with Gasteiger partial charge in [-0.1, -0.05) is 18.6 Å². The summed E-state index contributed by atoms with van der Waals surface area (Å²) in [7, 11) is 0. The number of unbranched alkanes of at least 4 members (excludes halogenated alkanes) is 1. The van der Waals surface area contributed by atoms with Gasteiger partial charge >= 0.3 is 0 Å². The van der Waals surface area contributed by atoms with E-state index in [4.69, 9.17) is 5.26 Å². The molecule has 2 rings (SSSR count). The van der Waals surface area contributed by atoms with Crippen molar-refractivity contribution in [2.75, 3.05) is 0 Å². The van der Waals surface area contributed by atoms with Crippen LogP contribution in [0.15, 0.2) is 35.3 Å². The number of benzene rings is 1. The average molecular weight is 269 g/mol. The van der Waals surface area contributed by atoms with Gasteiger partial charge in [0, 0.05) is 11.9 Å². The zero-order chi connectivity index (χ0) is 14.6. The van der Waals surface area contributed by atoms with Crippen molar-refractivity contribution in [2.45, 2.75) is 39.7 Å². The average Bonchev–Trinajstić information content (AvgIpc) is 2.46. The number of fused-ring (bicyclic) bond motifs is 1. The minimum Gasteiger partial charge on any atom is -0.287 e. The molecule has 0 spiro atoms. The van der Waals surface area contributed by atoms with E-state index < -0.39 is 0 Å². The first-order valence-corrected chi connectivity index (χ1v) is 6.90. The standard InChI is InChI=1S/C16H19N3O/c1-16(2,12-17)9-5-6-10-19-14-8-4-3-7-13(14)15(20)11-18-19/h3-4,7-8,11H,5-6,9-10H2,1-2H3. The number of aryl methyl sites for hydroxylation is 1. The largest absolute Gasteiger partial charge is 0.287 e. The third-order valence-electron chi connectivity index (χ3n) is 3.49. The molecule has 20 heavy (non-hydrogen) atoms. The molecule has 4 heteroatoms. The Bertz CT molecular complexity index is 695. The number of para-hydroxylation sites is 1. The first kappa shape index (κ1) is 14.3. The molecule has 2 aromatic rings. The summed E-state index contributed by atoms with van der Waals surface area (Å²) in [5.41, 5.74) is 0.570. The van der Waals surface area contributed by atoms with Crippen LogP contribution >= 0.6 is 0 Å². The summed E-state index contributed by atoms with van der Waals surface area (Å²) < 4.78 is 1.87. The van der Waals surface area contributed by atoms with E-state index in [1.807, 2.05) is 42.8 Å². The third kappa shape index (κ3) is 3.24. The molecule has 1 heterocycles. The van der Waals surface area contributed by atoms with Gasteiger partial charge in [0.25, 0.3) is 0 Å². The van der Waals surface area contributed by atoms with Gasteiger partial charge in [-0.2, -0.15) is 10.4 Å². The normalized spacial score (nSPS) is 11.4. The highest BCUT2D eigenvalue weighted by atomic mass is 16.1. The van der Waals surface area contributed by atoms with Gasteiger partial charge in [0.1, 0.15) is 0 Å². The molecule has 4 nitrogen and oxygen atoms in total. The Balaban J connectivity index is 2.06. The molecule has 0 aliphatic heterocycles. The molecular formula is C16H19N3O. The number of aromatic nitrogens is 2. The topological polar surface area (TPSA) is 58.7 Å². The first-order chi connectivity index (χ1) is 9.53. The second kappa shape index (κ2) is 5.87. The SMILES string of the molecule is CC(C)(C#N)CCCCn1ncc(=O)c2ccccc21. The molecule has 0 amide bonds. The predicted molar refractivity (Wildman–Crippen MR) is 79.2 cm³/mol. The van der Waals surface area contributed by atoms with Crippen molar-refractivity contribution in [3.05, 3.63) is 40.7 Å². The van der Waals surface area contributed by atoms with Gasteiger partial charge in [-0.25, -0.2) is 0 Å². The molecule has 0 unspecified atom stereocenters. The van der Waals surface area contributed by atoms with Crippen LogP contribution in [-0.4, -0.2) is 9.78 Å². The highest BCUT2D eigenvalue weighted by molar-refractivity contribution is 5.77. The lowest BCUT2D eigenvalue weighted by Crippen LogP contribution is -2.13. The fraction of sp³-hybridized carbons (Fsp3) is 0.438. The molecule has 0 atom stereocenters. The van der Waals surface area contributed by atoms with Gasteiger partial charge < -0.3 is 0 Å². The van der Waals surface area contributed by atoms with Crippen LogP contribution in [0.2, 0.25) is 0 Å². The first-order valence-electron chi connectivity index (χ1n) is 6.90. The Morgan fingerprint density at radius 3 is 2.80 bits per heavy atom. The van der Waals surface area contributed by atoms with Crippen LogP contribution in [0, 0.1) is 16.7 Å². The van der Waals surface area contributed by atoms with E-state index in [9.17, 15) is 4.79 Å². The van der Waals surface area contributed by atoms with E-state index in [2.05, 4.69) is 11.2 Å². The molecule has 0 saturated heterocycles. The summed E-state index contributed by atoms with van der Waals surface area (Å²) in [5, 5.41) is 13.9. The number of nitriles is 1. The van der Waals surface area contributed by atoms with Gasteiger partial charge in [0.15, 0.2) is 0 Å². The molecule has 1 aromatic heterocycles. The molecule has 0 N–H and O–H groups in total. The summed E-state index contributed by atoms with van der Waals surface area (Å²) in [4.78, 5) is 11.7. The Kier molecular flexibility index (Phi) is 4.19. The van der Waals surface area contributed by atoms with Gasteiger partial charge in [-0.05, 0) is 38.8 Å². The van der Waals surface area contributed by atoms with Crippen LogP contribution < -0.4 is 5.43 Å². The van der Waals surface area contributed by atoms with Crippen LogP contribution in [-0.2, 0) is 6.54 Å². The summed E-state index contributed by atoms with van der Waals surface area (Å²) in [6.07, 6.45) is 4.18. The molecule has 0 fully saturated rings. The molecule has 0 aliphatic carbocycles. The molecule has 0 saturated carbocycles. The predicted octanol–water partition coefficient (Wildman–Crippen LogP) is 3.12. The fourth-order valence-electron chi connectivity index (χ4n) is 2.22. The lowest BCUT2D eigenvalue weighted by Gasteiger charge is -2.15. The molecule has 0 bridgehead atoms. The highest BCUT2D eigenvalue weighted by Gasteiger charge is 2.15. The van der Waals surface area contributed by atoms with Gasteiger partial charge in [-0.3, -0.25) is 9.48 Å². The van der Waals surface area contributed by atoms with Crippen LogP contribution in [0.25, 0.3) is 10.9 Å². The van der Waals surface area contributed by atoms with Crippen LogP contribution in [0.5, 0.6) is 0 Å². The van der Waals surface area contributed by atoms with Crippen molar-refractivity contribution in [3.63, 3.8) is 0 Å². The maximum Gasteiger partial charge on any atom is 0.207 e. The summed E-state index contributed by atoms with van der Waals surface area (Å²) in [6, 6.07) is 9.84. The molecule has 0 radical (unpaired) electrons. The van der Waals surface area contributed by atoms with Crippen LogP contribution in [0.1, 0.15) is 33.1 Å². The summed E-state index contributed by atoms with van der Waals surface area (Å²) in [5.74, 6) is 0. The Morgan fingerprint density at radius 1 is 1.30 bits per heavy atom. The summed E-state index contributed by atoms with van der Waals surface area (Å²) in [6.45, 7) is 4.68. The van der Waals surface area contributed by atoms with Crippen molar-refractivity contribution < 1.29 is 0 Å². The smallest absolute Gasteiger partial charge is 0.207 e. The minimum atomic E-state index is -0.265. The van der Waals surface area contributed by atoms with Crippen LogP contribution in [0.4, 0.5) is 0 Å². The van der Waals surface area contributed by atoms with Gasteiger partial charge in [0.2, 0.25) is 5.43 Å². The fourth-order valence-corrected chi connectivity index (χ4v) is 2.22. The number of hydrogen-bond acceptors (Lipinski definition) is 3. The third-order valence-corrected chi connectivity index (χ3v) is 3.49. The maximum absolute atomic E-state index is 11.7. The summed E-state index contributed by atoms with van der Waals surface area (Å²) >= 11 is 0. The lowest BCUT2D eigenvalue weighted by molar-refractivity contribution is 0.413. The van der Waals surface area contributed by atoms with Gasteiger partial charge in [0.05, 0.1) is 23.2 Å². The number of rotatable bonds is 5. The molecular weight excluding hydrogens is 250 g/mol. The van der Waals surface area contributed by atoms with Crippen molar-refractivity contribution >= 4 is 10.9 Å². The highest BCUT2D eigenvalue weighted by Crippen LogP contribution is 2.22. The Labute approximate surface area is 118 Å². The molecule has 0 aliphatic rings. The monoisotopic (exact) mass is 269 g/mol. The molecule has 104 valence electrons. The maximum atomic E-state index is 11.7. The van der Waals surface area contributed by atoms with E-state index in [1.165, 1.54) is 6.20 Å². The number of nitrogens with zero attached hydrogens (tertiary/aromatic N) is 3. The van der Waals surface area contributed by atoms with Crippen LogP contribution in [0.3, 0.4) is 0 Å². The number of hydrogen-bond donors (Lipinski definition) is 0. The van der Waals surface area contributed by atoms with E-state index in [0.717, 1.165) is 31.3 Å². The second-order valence-electron chi connectivity index (χ2n) is 5.70. The zero-order valence-corrected chi connectivity index (χ0v) is 12.0. The minimum absolute atomic E-state index is 0.0394. The second-order valence-corrected chi connectivity index (χ2v) is 5.70. The van der Waals surface area contributed by atoms with E-state index in [-0.39, 0.29) is 10.8 Å².